The molecule has 0 unspecified atom stereocenters. The summed E-state index contributed by atoms with van der Waals surface area (Å²) in [5.41, 5.74) is 1.54. The number of carbonyl (C=O) groups excluding carboxylic acids is 1. The average molecular weight is 627 g/mol. The smallest absolute Gasteiger partial charge is 0.266 e. The Morgan fingerprint density at radius 1 is 0.881 bits per heavy atom. The molecule has 6 nitrogen and oxygen atoms in total. The Balaban J connectivity index is 1.47. The minimum Gasteiger partial charge on any atom is -0.367 e. The van der Waals surface area contributed by atoms with Gasteiger partial charge in [0.2, 0.25) is 0 Å². The molecule has 0 aliphatic carbocycles. The lowest BCUT2D eigenvalue weighted by Gasteiger charge is -2.48. The number of benzene rings is 4. The number of carbonyl (C=O) groups is 1. The van der Waals surface area contributed by atoms with Gasteiger partial charge in [0, 0.05) is 30.9 Å². The van der Waals surface area contributed by atoms with E-state index in [-0.39, 0.29) is 38.8 Å². The normalized spacial score (nSPS) is 15.0. The summed E-state index contributed by atoms with van der Waals surface area (Å²) in [6.45, 7) is 5.37. The highest BCUT2D eigenvalue weighted by Crippen LogP contribution is 2.35. The highest BCUT2D eigenvalue weighted by Gasteiger charge is 2.38. The van der Waals surface area contributed by atoms with Crippen molar-refractivity contribution >= 4 is 50.5 Å². The maximum Gasteiger partial charge on any atom is 0.266 e. The fraction of sp³-hybridized carbons (Fsp3) is 0.219. The maximum absolute atomic E-state index is 14.2. The number of hydrogen-bond acceptors (Lipinski definition) is 4. The first-order valence-corrected chi connectivity index (χ1v) is 15.6. The fourth-order valence-electron chi connectivity index (χ4n) is 5.22. The van der Waals surface area contributed by atoms with Crippen molar-refractivity contribution in [1.29, 1.82) is 0 Å². The largest absolute Gasteiger partial charge is 0.367 e. The van der Waals surface area contributed by atoms with Gasteiger partial charge in [-0.25, -0.2) is 12.8 Å². The molecule has 0 atom stereocenters. The predicted octanol–water partition coefficient (Wildman–Crippen LogP) is 7.27. The molecule has 0 bridgehead atoms. The van der Waals surface area contributed by atoms with Gasteiger partial charge in [-0.2, -0.15) is 0 Å². The fourth-order valence-corrected chi connectivity index (χ4v) is 7.48. The molecular formula is C32H30Cl2FN3O3S. The molecule has 42 heavy (non-hydrogen) atoms. The highest BCUT2D eigenvalue weighted by molar-refractivity contribution is 7.93. The summed E-state index contributed by atoms with van der Waals surface area (Å²) in [5, 5.41) is 0.262. The zero-order valence-corrected chi connectivity index (χ0v) is 25.5. The van der Waals surface area contributed by atoms with Crippen LogP contribution < -0.4 is 9.21 Å². The molecule has 218 valence electrons. The SMILES string of the molecule is CC1(C)CN(c2ccc(F)cc2)CCN1C(=O)c1ccc(Cl)c(S(=O)(=O)N(Cc2ccccc2)c2ccccc2Cl)c1. The first kappa shape index (κ1) is 29.9. The molecule has 1 heterocycles. The van der Waals surface area contributed by atoms with Gasteiger partial charge in [-0.05, 0) is 74.0 Å². The second-order valence-electron chi connectivity index (χ2n) is 10.8. The van der Waals surface area contributed by atoms with Crippen molar-refractivity contribution in [1.82, 2.24) is 4.90 Å². The molecular weight excluding hydrogens is 596 g/mol. The summed E-state index contributed by atoms with van der Waals surface area (Å²) < 4.78 is 43.1. The number of rotatable bonds is 7. The van der Waals surface area contributed by atoms with Crippen molar-refractivity contribution in [3.63, 3.8) is 0 Å². The van der Waals surface area contributed by atoms with Gasteiger partial charge in [0.05, 0.1) is 27.8 Å². The van der Waals surface area contributed by atoms with E-state index < -0.39 is 15.6 Å². The van der Waals surface area contributed by atoms with Gasteiger partial charge in [0.25, 0.3) is 15.9 Å². The Kier molecular flexibility index (Phi) is 8.51. The van der Waals surface area contributed by atoms with Crippen LogP contribution in [0.2, 0.25) is 10.0 Å². The van der Waals surface area contributed by atoms with E-state index in [0.717, 1.165) is 11.3 Å². The lowest BCUT2D eigenvalue weighted by Crippen LogP contribution is -2.61. The Hall–Kier alpha value is -3.59. The standard InChI is InChI=1S/C32H30Cl2FN3O3S/c1-32(2)22-36(26-15-13-25(35)14-16-26)18-19-37(32)31(39)24-12-17-28(34)30(20-24)42(40,41)38(21-23-8-4-3-5-9-23)29-11-7-6-10-27(29)33/h3-17,20H,18-19,21-22H2,1-2H3. The maximum atomic E-state index is 14.2. The zero-order valence-electron chi connectivity index (χ0n) is 23.2. The second kappa shape index (κ2) is 12.0. The molecule has 0 saturated carbocycles. The number of piperazine rings is 1. The zero-order chi connectivity index (χ0) is 30.1. The number of amides is 1. The van der Waals surface area contributed by atoms with E-state index in [2.05, 4.69) is 4.90 Å². The highest BCUT2D eigenvalue weighted by atomic mass is 35.5. The van der Waals surface area contributed by atoms with Crippen LogP contribution in [0.5, 0.6) is 0 Å². The van der Waals surface area contributed by atoms with Crippen LogP contribution in [-0.2, 0) is 16.6 Å². The van der Waals surface area contributed by atoms with E-state index in [1.165, 1.54) is 28.6 Å². The van der Waals surface area contributed by atoms with E-state index in [1.54, 1.807) is 47.4 Å². The molecule has 4 aromatic carbocycles. The van der Waals surface area contributed by atoms with Crippen LogP contribution in [0.15, 0.2) is 102 Å². The van der Waals surface area contributed by atoms with Gasteiger partial charge in [0.15, 0.2) is 0 Å². The van der Waals surface area contributed by atoms with Crippen LogP contribution in [-0.4, -0.2) is 44.4 Å². The van der Waals surface area contributed by atoms with Gasteiger partial charge in [-0.1, -0.05) is 65.7 Å². The molecule has 0 spiro atoms. The van der Waals surface area contributed by atoms with Crippen molar-refractivity contribution in [2.75, 3.05) is 28.8 Å². The Labute approximate surface area is 255 Å². The quantitative estimate of drug-likeness (QED) is 0.217. The minimum atomic E-state index is -4.26. The van der Waals surface area contributed by atoms with Crippen molar-refractivity contribution in [3.05, 3.63) is 124 Å². The van der Waals surface area contributed by atoms with Crippen LogP contribution in [0.3, 0.4) is 0 Å². The molecule has 5 rings (SSSR count). The van der Waals surface area contributed by atoms with E-state index in [9.17, 15) is 17.6 Å². The predicted molar refractivity (Wildman–Crippen MR) is 166 cm³/mol. The van der Waals surface area contributed by atoms with E-state index in [0.29, 0.717) is 25.3 Å². The minimum absolute atomic E-state index is 0.00273. The van der Waals surface area contributed by atoms with E-state index in [4.69, 9.17) is 23.2 Å². The third-order valence-electron chi connectivity index (χ3n) is 7.38. The lowest BCUT2D eigenvalue weighted by molar-refractivity contribution is 0.0514. The molecule has 0 N–H and O–H groups in total. The van der Waals surface area contributed by atoms with Crippen LogP contribution in [0.25, 0.3) is 0 Å². The molecule has 1 saturated heterocycles. The number of hydrogen-bond donors (Lipinski definition) is 0. The number of sulfonamides is 1. The van der Waals surface area contributed by atoms with E-state index in [1.807, 2.05) is 44.2 Å². The summed E-state index contributed by atoms with van der Waals surface area (Å²) in [5.74, 6) is -0.614. The van der Waals surface area contributed by atoms with Crippen molar-refractivity contribution < 1.29 is 17.6 Å². The molecule has 1 fully saturated rings. The van der Waals surface area contributed by atoms with Crippen molar-refractivity contribution in [2.45, 2.75) is 30.8 Å². The summed E-state index contributed by atoms with van der Waals surface area (Å²) in [6.07, 6.45) is 0. The average Bonchev–Trinajstić information content (AvgIpc) is 2.96. The van der Waals surface area contributed by atoms with Crippen molar-refractivity contribution in [3.8, 4) is 0 Å². The van der Waals surface area contributed by atoms with Gasteiger partial charge in [-0.15, -0.1) is 0 Å². The topological polar surface area (TPSA) is 60.9 Å². The Morgan fingerprint density at radius 3 is 2.21 bits per heavy atom. The molecule has 10 heteroatoms. The third-order valence-corrected chi connectivity index (χ3v) is 9.94. The number of nitrogens with zero attached hydrogens (tertiary/aromatic N) is 3. The summed E-state index contributed by atoms with van der Waals surface area (Å²) in [7, 11) is -4.26. The number of anilines is 2. The summed E-state index contributed by atoms with van der Waals surface area (Å²) in [4.78, 5) is 17.5. The second-order valence-corrected chi connectivity index (χ2v) is 13.4. The van der Waals surface area contributed by atoms with Crippen LogP contribution in [0, 0.1) is 5.82 Å². The molecule has 1 amide bonds. The van der Waals surface area contributed by atoms with Gasteiger partial charge >= 0.3 is 0 Å². The number of halogens is 3. The molecule has 0 radical (unpaired) electrons. The Bertz CT molecular complexity index is 1700. The third kappa shape index (κ3) is 6.11. The molecule has 0 aromatic heterocycles. The molecule has 4 aromatic rings. The lowest BCUT2D eigenvalue weighted by atomic mass is 9.96. The first-order chi connectivity index (χ1) is 20.0. The van der Waals surface area contributed by atoms with Crippen LogP contribution in [0.4, 0.5) is 15.8 Å². The summed E-state index contributed by atoms with van der Waals surface area (Å²) >= 11 is 13.0. The Morgan fingerprint density at radius 2 is 1.55 bits per heavy atom. The van der Waals surface area contributed by atoms with Gasteiger partial charge in [0.1, 0.15) is 10.7 Å². The van der Waals surface area contributed by atoms with Crippen LogP contribution in [0.1, 0.15) is 29.8 Å². The summed E-state index contributed by atoms with van der Waals surface area (Å²) in [6, 6.07) is 26.5. The molecule has 1 aliphatic heterocycles. The first-order valence-electron chi connectivity index (χ1n) is 13.4. The van der Waals surface area contributed by atoms with Gasteiger partial charge in [-0.3, -0.25) is 9.10 Å². The monoisotopic (exact) mass is 625 g/mol. The number of para-hydroxylation sites is 1. The molecule has 1 aliphatic rings. The van der Waals surface area contributed by atoms with Gasteiger partial charge < -0.3 is 9.80 Å². The van der Waals surface area contributed by atoms with Crippen molar-refractivity contribution in [2.24, 2.45) is 0 Å². The van der Waals surface area contributed by atoms with E-state index >= 15 is 0 Å². The van der Waals surface area contributed by atoms with Crippen LogP contribution >= 0.6 is 23.2 Å².